The lowest BCUT2D eigenvalue weighted by atomic mass is 10.3. The third-order valence-corrected chi connectivity index (χ3v) is 4.33. The first kappa shape index (κ1) is 19.3. The van der Waals surface area contributed by atoms with Crippen LogP contribution in [0.2, 0.25) is 0 Å². The van der Waals surface area contributed by atoms with E-state index in [0.717, 1.165) is 12.1 Å². The van der Waals surface area contributed by atoms with Gasteiger partial charge in [-0.3, -0.25) is 4.79 Å². The second kappa shape index (κ2) is 7.43. The van der Waals surface area contributed by atoms with Gasteiger partial charge in [-0.1, -0.05) is 6.07 Å². The lowest BCUT2D eigenvalue weighted by Crippen LogP contribution is -2.33. The lowest BCUT2D eigenvalue weighted by molar-refractivity contribution is -0.668. The summed E-state index contributed by atoms with van der Waals surface area (Å²) in [7, 11) is 0. The van der Waals surface area contributed by atoms with Crippen LogP contribution in [0, 0.1) is 0 Å². The minimum atomic E-state index is -4.53. The maximum Gasteiger partial charge on any atom is 0.417 e. The third kappa shape index (κ3) is 3.64. The number of carbonyl (C=O) groups excluding carboxylic acids is 1. The molecule has 0 aromatic carbocycles. The van der Waals surface area contributed by atoms with Crippen LogP contribution in [0.3, 0.4) is 0 Å². The second-order valence-corrected chi connectivity index (χ2v) is 6.32. The number of fused-ring (bicyclic) bond motifs is 1. The Labute approximate surface area is 167 Å². The fraction of sp³-hybridized carbons (Fsp3) is 0.105. The first-order valence-corrected chi connectivity index (χ1v) is 8.65. The largest absolute Gasteiger partial charge is 0.474 e. The number of pyridine rings is 2. The molecule has 30 heavy (non-hydrogen) atoms. The second-order valence-electron chi connectivity index (χ2n) is 6.32. The van der Waals surface area contributed by atoms with Crippen molar-refractivity contribution >= 4 is 17.4 Å². The van der Waals surface area contributed by atoms with E-state index >= 15 is 0 Å². The van der Waals surface area contributed by atoms with E-state index in [1.165, 1.54) is 15.3 Å². The predicted molar refractivity (Wildman–Crippen MR) is 97.6 cm³/mol. The van der Waals surface area contributed by atoms with Gasteiger partial charge in [-0.25, -0.2) is 15.0 Å². The summed E-state index contributed by atoms with van der Waals surface area (Å²) < 4.78 is 41.0. The summed E-state index contributed by atoms with van der Waals surface area (Å²) in [6.45, 7) is 0.200. The highest BCUT2D eigenvalue weighted by atomic mass is 19.4. The van der Waals surface area contributed by atoms with Gasteiger partial charge in [-0.05, 0) is 18.2 Å². The molecule has 0 saturated carbocycles. The van der Waals surface area contributed by atoms with Crippen molar-refractivity contribution in [3.05, 3.63) is 78.3 Å². The summed E-state index contributed by atoms with van der Waals surface area (Å²) in [4.78, 5) is 24.3. The van der Waals surface area contributed by atoms with Gasteiger partial charge in [0.2, 0.25) is 0 Å². The maximum absolute atomic E-state index is 12.8. The SMILES string of the molecule is O=C(Nc1ccc(C(F)(F)F)cn1)c1c(O)[n+](Cc2cncnc2)c2ccccn12. The van der Waals surface area contributed by atoms with E-state index in [-0.39, 0.29) is 23.9 Å². The fourth-order valence-electron chi connectivity index (χ4n) is 2.96. The number of rotatable bonds is 4. The minimum absolute atomic E-state index is 0.0821. The lowest BCUT2D eigenvalue weighted by Gasteiger charge is -2.07. The summed E-state index contributed by atoms with van der Waals surface area (Å²) >= 11 is 0. The molecular formula is C19H14F3N6O2+. The molecule has 1 amide bonds. The quantitative estimate of drug-likeness (QED) is 0.499. The number of carbonyl (C=O) groups is 1. The van der Waals surface area contributed by atoms with E-state index in [9.17, 15) is 23.1 Å². The molecular weight excluding hydrogens is 401 g/mol. The molecule has 2 N–H and O–H groups in total. The van der Waals surface area contributed by atoms with Gasteiger partial charge < -0.3 is 10.4 Å². The third-order valence-electron chi connectivity index (χ3n) is 4.33. The molecule has 0 radical (unpaired) electrons. The molecule has 0 saturated heterocycles. The molecule has 0 aliphatic carbocycles. The molecule has 4 rings (SSSR count). The highest BCUT2D eigenvalue weighted by Gasteiger charge is 2.32. The van der Waals surface area contributed by atoms with Gasteiger partial charge in [-0.2, -0.15) is 22.1 Å². The van der Waals surface area contributed by atoms with Gasteiger partial charge in [-0.15, -0.1) is 0 Å². The minimum Gasteiger partial charge on any atom is -0.474 e. The Morgan fingerprint density at radius 1 is 1.13 bits per heavy atom. The summed E-state index contributed by atoms with van der Waals surface area (Å²) in [5, 5.41) is 13.2. The Balaban J connectivity index is 1.68. The van der Waals surface area contributed by atoms with Crippen LogP contribution in [0.15, 0.2) is 61.4 Å². The Kier molecular flexibility index (Phi) is 4.78. The molecule has 0 atom stereocenters. The van der Waals surface area contributed by atoms with Gasteiger partial charge in [0.15, 0.2) is 0 Å². The number of amides is 1. The normalized spacial score (nSPS) is 11.6. The highest BCUT2D eigenvalue weighted by Crippen LogP contribution is 2.29. The van der Waals surface area contributed by atoms with Crippen molar-refractivity contribution in [1.29, 1.82) is 0 Å². The standard InChI is InChI=1S/C19H13F3N6O2/c20-19(21,22)13-4-5-14(25-9-13)26-17(29)16-18(30)28(10-12-7-23-11-24-8-12)15-3-1-2-6-27(15)16/h1-9,11H,10H2,(H-,25,26,29,30)/p+1. The number of aromatic hydroxyl groups is 1. The van der Waals surface area contributed by atoms with Crippen LogP contribution in [0.1, 0.15) is 21.6 Å². The number of alkyl halides is 3. The van der Waals surface area contributed by atoms with Crippen molar-refractivity contribution in [2.45, 2.75) is 12.7 Å². The molecule has 0 aliphatic heterocycles. The first-order valence-electron chi connectivity index (χ1n) is 8.65. The van der Waals surface area contributed by atoms with Gasteiger partial charge in [0, 0.05) is 30.2 Å². The molecule has 4 aromatic rings. The number of imidazole rings is 1. The van der Waals surface area contributed by atoms with E-state index in [4.69, 9.17) is 0 Å². The summed E-state index contributed by atoms with van der Waals surface area (Å²) in [6.07, 6.45) is 2.22. The monoisotopic (exact) mass is 415 g/mol. The summed E-state index contributed by atoms with van der Waals surface area (Å²) in [5.74, 6) is -1.14. The summed E-state index contributed by atoms with van der Waals surface area (Å²) in [5.41, 5.74) is 0.193. The maximum atomic E-state index is 12.8. The number of hydrogen-bond acceptors (Lipinski definition) is 5. The fourth-order valence-corrected chi connectivity index (χ4v) is 2.96. The number of nitrogens with one attached hydrogen (secondary N) is 1. The topological polar surface area (TPSA) is 96.3 Å². The summed E-state index contributed by atoms with van der Waals surface area (Å²) in [6, 6.07) is 6.98. The van der Waals surface area contributed by atoms with Crippen molar-refractivity contribution in [1.82, 2.24) is 19.4 Å². The van der Waals surface area contributed by atoms with Crippen LogP contribution in [-0.4, -0.2) is 30.4 Å². The van der Waals surface area contributed by atoms with Gasteiger partial charge in [0.25, 0.3) is 11.3 Å². The Hall–Kier alpha value is -4.02. The van der Waals surface area contributed by atoms with Gasteiger partial charge in [0.1, 0.15) is 18.7 Å². The molecule has 4 heterocycles. The number of hydrogen-bond donors (Lipinski definition) is 2. The van der Waals surface area contributed by atoms with Crippen molar-refractivity contribution in [3.63, 3.8) is 0 Å². The molecule has 152 valence electrons. The molecule has 0 unspecified atom stereocenters. The van der Waals surface area contributed by atoms with Crippen LogP contribution >= 0.6 is 0 Å². The molecule has 4 aromatic heterocycles. The number of aromatic nitrogens is 5. The van der Waals surface area contributed by atoms with Crippen molar-refractivity contribution < 1.29 is 27.6 Å². The Morgan fingerprint density at radius 2 is 1.90 bits per heavy atom. The average Bonchev–Trinajstić information content (AvgIpc) is 3.00. The smallest absolute Gasteiger partial charge is 0.417 e. The molecule has 0 fully saturated rings. The molecule has 0 spiro atoms. The zero-order valence-corrected chi connectivity index (χ0v) is 15.2. The van der Waals surface area contributed by atoms with Gasteiger partial charge >= 0.3 is 18.0 Å². The van der Waals surface area contributed by atoms with Crippen LogP contribution in [0.25, 0.3) is 5.65 Å². The van der Waals surface area contributed by atoms with Crippen molar-refractivity contribution in [2.24, 2.45) is 0 Å². The first-order chi connectivity index (χ1) is 14.3. The zero-order chi connectivity index (χ0) is 21.3. The van der Waals surface area contributed by atoms with Crippen molar-refractivity contribution in [2.75, 3.05) is 5.32 Å². The number of nitrogens with zero attached hydrogens (tertiary/aromatic N) is 5. The Morgan fingerprint density at radius 3 is 2.57 bits per heavy atom. The number of anilines is 1. The van der Waals surface area contributed by atoms with Crippen LogP contribution in [0.4, 0.5) is 19.0 Å². The zero-order valence-electron chi connectivity index (χ0n) is 15.2. The van der Waals surface area contributed by atoms with E-state index < -0.39 is 17.6 Å². The van der Waals surface area contributed by atoms with Crippen LogP contribution in [0.5, 0.6) is 5.88 Å². The molecule has 8 nitrogen and oxygen atoms in total. The molecule has 0 bridgehead atoms. The Bertz CT molecular complexity index is 1210. The van der Waals surface area contributed by atoms with E-state index in [1.54, 1.807) is 36.8 Å². The van der Waals surface area contributed by atoms with Crippen LogP contribution in [-0.2, 0) is 12.7 Å². The van der Waals surface area contributed by atoms with E-state index in [1.807, 2.05) is 0 Å². The van der Waals surface area contributed by atoms with E-state index in [2.05, 4.69) is 20.3 Å². The van der Waals surface area contributed by atoms with E-state index in [0.29, 0.717) is 17.4 Å². The molecule has 0 aliphatic rings. The van der Waals surface area contributed by atoms with Crippen molar-refractivity contribution in [3.8, 4) is 5.88 Å². The predicted octanol–water partition coefficient (Wildman–Crippen LogP) is 2.44. The van der Waals surface area contributed by atoms with Gasteiger partial charge in [0.05, 0.1) is 11.8 Å². The number of halogens is 3. The molecule has 11 heteroatoms. The average molecular weight is 415 g/mol. The van der Waals surface area contributed by atoms with Crippen LogP contribution < -0.4 is 9.88 Å². The highest BCUT2D eigenvalue weighted by molar-refractivity contribution is 6.04.